The van der Waals surface area contributed by atoms with Crippen molar-refractivity contribution in [2.45, 2.75) is 12.5 Å². The molecule has 0 bridgehead atoms. The third-order valence-electron chi connectivity index (χ3n) is 5.30. The number of nitrogens with one attached hydrogen (secondary N) is 1. The zero-order chi connectivity index (χ0) is 22.9. The van der Waals surface area contributed by atoms with Crippen LogP contribution in [0, 0.1) is 5.82 Å². The monoisotopic (exact) mass is 483 g/mol. The highest BCUT2D eigenvalue weighted by atomic mass is 35.5. The highest BCUT2D eigenvalue weighted by molar-refractivity contribution is 6.35. The van der Waals surface area contributed by atoms with Crippen LogP contribution in [-0.4, -0.2) is 79.3 Å². The average molecular weight is 484 g/mol. The van der Waals surface area contributed by atoms with Gasteiger partial charge in [-0.2, -0.15) is 0 Å². The normalized spacial score (nSPS) is 16.0. The van der Waals surface area contributed by atoms with Crippen molar-refractivity contribution in [2.75, 3.05) is 52.4 Å². The number of hydrogen-bond donors (Lipinski definition) is 2. The Kier molecular flexibility index (Phi) is 9.56. The first-order chi connectivity index (χ1) is 15.4. The fourth-order valence-corrected chi connectivity index (χ4v) is 4.05. The topological polar surface area (TPSA) is 65.0 Å². The number of benzene rings is 2. The van der Waals surface area contributed by atoms with Crippen molar-refractivity contribution >= 4 is 29.1 Å². The lowest BCUT2D eigenvalue weighted by Gasteiger charge is -2.35. The molecule has 1 amide bonds. The molecule has 1 aliphatic heterocycles. The van der Waals surface area contributed by atoms with Crippen molar-refractivity contribution < 1.29 is 19.0 Å². The molecule has 1 atom stereocenters. The minimum atomic E-state index is -0.718. The van der Waals surface area contributed by atoms with Gasteiger partial charge in [-0.25, -0.2) is 4.39 Å². The molecule has 1 heterocycles. The molecular formula is C23H28Cl2FN3O3. The van der Waals surface area contributed by atoms with E-state index in [2.05, 4.69) is 15.1 Å². The lowest BCUT2D eigenvalue weighted by atomic mass is 10.1. The zero-order valence-electron chi connectivity index (χ0n) is 17.8. The SMILES string of the molecule is O=C(CN1CCN(CC(O)COc2ccccc2F)CC1)NCCc1ccc(Cl)cc1Cl. The molecule has 1 fully saturated rings. The van der Waals surface area contributed by atoms with E-state index in [0.717, 1.165) is 31.7 Å². The van der Waals surface area contributed by atoms with Crippen molar-refractivity contribution in [3.8, 4) is 5.75 Å². The second kappa shape index (κ2) is 12.4. The van der Waals surface area contributed by atoms with Gasteiger partial charge in [0.05, 0.1) is 6.54 Å². The molecule has 174 valence electrons. The summed E-state index contributed by atoms with van der Waals surface area (Å²) in [6, 6.07) is 11.5. The summed E-state index contributed by atoms with van der Waals surface area (Å²) in [6.07, 6.45) is -0.0772. The largest absolute Gasteiger partial charge is 0.488 e. The molecule has 0 spiro atoms. The van der Waals surface area contributed by atoms with Crippen molar-refractivity contribution in [2.24, 2.45) is 0 Å². The Labute approximate surface area is 197 Å². The van der Waals surface area contributed by atoms with Gasteiger partial charge in [-0.05, 0) is 36.2 Å². The summed E-state index contributed by atoms with van der Waals surface area (Å²) in [6.45, 7) is 4.26. The van der Waals surface area contributed by atoms with E-state index >= 15 is 0 Å². The minimum absolute atomic E-state index is 0.0261. The van der Waals surface area contributed by atoms with Gasteiger partial charge in [0.2, 0.25) is 5.91 Å². The van der Waals surface area contributed by atoms with Crippen molar-refractivity contribution in [3.05, 3.63) is 63.9 Å². The summed E-state index contributed by atoms with van der Waals surface area (Å²) in [5, 5.41) is 14.3. The lowest BCUT2D eigenvalue weighted by Crippen LogP contribution is -2.51. The van der Waals surface area contributed by atoms with Crippen LogP contribution in [0.25, 0.3) is 0 Å². The highest BCUT2D eigenvalue weighted by Crippen LogP contribution is 2.21. The molecule has 1 unspecified atom stereocenters. The summed E-state index contributed by atoms with van der Waals surface area (Å²) >= 11 is 12.1. The number of nitrogens with zero attached hydrogens (tertiary/aromatic N) is 2. The number of piperazine rings is 1. The van der Waals surface area contributed by atoms with Gasteiger partial charge in [0.1, 0.15) is 12.7 Å². The predicted octanol–water partition coefficient (Wildman–Crippen LogP) is 2.85. The van der Waals surface area contributed by atoms with Gasteiger partial charge in [0.15, 0.2) is 11.6 Å². The molecule has 0 aromatic heterocycles. The number of rotatable bonds is 10. The number of ether oxygens (including phenoxy) is 1. The van der Waals surface area contributed by atoms with Crippen molar-refractivity contribution in [1.82, 2.24) is 15.1 Å². The van der Waals surface area contributed by atoms with Crippen molar-refractivity contribution in [1.29, 1.82) is 0 Å². The molecule has 2 N–H and O–H groups in total. The highest BCUT2D eigenvalue weighted by Gasteiger charge is 2.21. The Morgan fingerprint density at radius 2 is 1.84 bits per heavy atom. The van der Waals surface area contributed by atoms with Crippen LogP contribution in [0.1, 0.15) is 5.56 Å². The first-order valence-corrected chi connectivity index (χ1v) is 11.4. The molecule has 9 heteroatoms. The second-order valence-corrected chi connectivity index (χ2v) is 8.65. The van der Waals surface area contributed by atoms with E-state index in [0.29, 0.717) is 36.1 Å². The molecule has 6 nitrogen and oxygen atoms in total. The van der Waals surface area contributed by atoms with Crippen LogP contribution >= 0.6 is 23.2 Å². The minimum Gasteiger partial charge on any atom is -0.488 e. The summed E-state index contributed by atoms with van der Waals surface area (Å²) in [5.74, 6) is -0.328. The number of halogens is 3. The Hall–Kier alpha value is -1.90. The van der Waals surface area contributed by atoms with Gasteiger partial charge in [-0.1, -0.05) is 41.4 Å². The van der Waals surface area contributed by atoms with E-state index in [1.165, 1.54) is 12.1 Å². The second-order valence-electron chi connectivity index (χ2n) is 7.81. The van der Waals surface area contributed by atoms with E-state index in [9.17, 15) is 14.3 Å². The molecule has 1 saturated heterocycles. The number of amides is 1. The van der Waals surface area contributed by atoms with Crippen LogP contribution in [0.4, 0.5) is 4.39 Å². The van der Waals surface area contributed by atoms with E-state index < -0.39 is 11.9 Å². The van der Waals surface area contributed by atoms with Crippen molar-refractivity contribution in [3.63, 3.8) is 0 Å². The standard InChI is InChI=1S/C23H28Cl2FN3O3/c24-18-6-5-17(20(25)13-18)7-8-27-23(31)15-29-11-9-28(10-12-29)14-19(30)16-32-22-4-2-1-3-21(22)26/h1-6,13,19,30H,7-12,14-16H2,(H,27,31). The molecule has 1 aliphatic rings. The maximum Gasteiger partial charge on any atom is 0.234 e. The molecule has 32 heavy (non-hydrogen) atoms. The number of hydrogen-bond acceptors (Lipinski definition) is 5. The van der Waals surface area contributed by atoms with Crippen LogP contribution in [0.2, 0.25) is 10.0 Å². The van der Waals surface area contributed by atoms with Crippen LogP contribution in [0.15, 0.2) is 42.5 Å². The van der Waals surface area contributed by atoms with E-state index in [4.69, 9.17) is 27.9 Å². The fraction of sp³-hybridized carbons (Fsp3) is 0.435. The number of carbonyl (C=O) groups excluding carboxylic acids is 1. The fourth-order valence-electron chi connectivity index (χ4n) is 3.55. The molecular weight excluding hydrogens is 456 g/mol. The van der Waals surface area contributed by atoms with Crippen LogP contribution in [-0.2, 0) is 11.2 Å². The molecule has 0 aliphatic carbocycles. The first kappa shape index (κ1) is 24.7. The zero-order valence-corrected chi connectivity index (χ0v) is 19.3. The van der Waals surface area contributed by atoms with E-state index in [-0.39, 0.29) is 18.3 Å². The maximum absolute atomic E-state index is 13.6. The number of β-amino-alcohol motifs (C(OH)–C–C–N with tert-alkyl or cyclic N) is 1. The van der Waals surface area contributed by atoms with Gasteiger partial charge in [-0.15, -0.1) is 0 Å². The van der Waals surface area contributed by atoms with Gasteiger partial charge in [0, 0.05) is 49.3 Å². The summed E-state index contributed by atoms with van der Waals surface area (Å²) in [5.41, 5.74) is 0.947. The number of para-hydroxylation sites is 1. The summed E-state index contributed by atoms with van der Waals surface area (Å²) in [7, 11) is 0. The summed E-state index contributed by atoms with van der Waals surface area (Å²) in [4.78, 5) is 16.4. The quantitative estimate of drug-likeness (QED) is 0.543. The Morgan fingerprint density at radius 3 is 2.56 bits per heavy atom. The Morgan fingerprint density at radius 1 is 1.12 bits per heavy atom. The van der Waals surface area contributed by atoms with E-state index in [1.807, 2.05) is 6.07 Å². The van der Waals surface area contributed by atoms with E-state index in [1.54, 1.807) is 24.3 Å². The smallest absolute Gasteiger partial charge is 0.234 e. The first-order valence-electron chi connectivity index (χ1n) is 10.6. The lowest BCUT2D eigenvalue weighted by molar-refractivity contribution is -0.122. The van der Waals surface area contributed by atoms with Gasteiger partial charge in [0.25, 0.3) is 0 Å². The van der Waals surface area contributed by atoms with Crippen LogP contribution in [0.3, 0.4) is 0 Å². The molecule has 2 aromatic rings. The van der Waals surface area contributed by atoms with Gasteiger partial charge in [-0.3, -0.25) is 14.6 Å². The van der Waals surface area contributed by atoms with Gasteiger partial charge < -0.3 is 15.2 Å². The third-order valence-corrected chi connectivity index (χ3v) is 5.89. The molecule has 0 radical (unpaired) electrons. The van der Waals surface area contributed by atoms with Crippen LogP contribution in [0.5, 0.6) is 5.75 Å². The molecule has 3 rings (SSSR count). The number of aliphatic hydroxyl groups excluding tert-OH is 1. The summed E-state index contributed by atoms with van der Waals surface area (Å²) < 4.78 is 18.9. The number of carbonyl (C=O) groups is 1. The molecule has 0 saturated carbocycles. The third kappa shape index (κ3) is 7.90. The Balaban J connectivity index is 1.30. The maximum atomic E-state index is 13.6. The number of aliphatic hydroxyl groups is 1. The Bertz CT molecular complexity index is 895. The van der Waals surface area contributed by atoms with Gasteiger partial charge >= 0.3 is 0 Å². The predicted molar refractivity (Wildman–Crippen MR) is 124 cm³/mol. The molecule has 2 aromatic carbocycles. The average Bonchev–Trinajstić information content (AvgIpc) is 2.76. The van der Waals surface area contributed by atoms with Crippen LogP contribution < -0.4 is 10.1 Å².